The Morgan fingerprint density at radius 1 is 1.39 bits per heavy atom. The number of nitrogens with zero attached hydrogens (tertiary/aromatic N) is 1. The maximum atomic E-state index is 10.5. The Morgan fingerprint density at radius 2 is 2.06 bits per heavy atom. The van der Waals surface area contributed by atoms with E-state index in [4.69, 9.17) is 15.6 Å². The third-order valence-corrected chi connectivity index (χ3v) is 2.78. The highest BCUT2D eigenvalue weighted by molar-refractivity contribution is 5.85. The Labute approximate surface area is 112 Å². The van der Waals surface area contributed by atoms with Gasteiger partial charge in [-0.05, 0) is 25.0 Å². The number of nitrogen functional groups attached to an aromatic ring is 1. The lowest BCUT2D eigenvalue weighted by Gasteiger charge is -2.21. The number of carboxylic acid groups (broad SMARTS) is 1. The van der Waals surface area contributed by atoms with E-state index >= 15 is 0 Å². The zero-order valence-electron chi connectivity index (χ0n) is 9.96. The van der Waals surface area contributed by atoms with Crippen molar-refractivity contribution < 1.29 is 14.6 Å². The van der Waals surface area contributed by atoms with E-state index in [1.807, 2.05) is 6.07 Å². The van der Waals surface area contributed by atoms with Crippen LogP contribution >= 0.6 is 12.4 Å². The van der Waals surface area contributed by atoms with Gasteiger partial charge in [-0.15, -0.1) is 12.4 Å². The molecular weight excluding hydrogens is 256 g/mol. The fourth-order valence-electron chi connectivity index (χ4n) is 2.01. The Morgan fingerprint density at radius 3 is 2.67 bits per heavy atom. The lowest BCUT2D eigenvalue weighted by Crippen LogP contribution is -2.19. The highest BCUT2D eigenvalue weighted by atomic mass is 35.5. The maximum Gasteiger partial charge on any atom is 0.341 e. The van der Waals surface area contributed by atoms with Crippen molar-refractivity contribution in [1.29, 1.82) is 0 Å². The third-order valence-electron chi connectivity index (χ3n) is 2.78. The second kappa shape index (κ2) is 6.35. The molecule has 1 fully saturated rings. The van der Waals surface area contributed by atoms with Crippen LogP contribution in [-0.4, -0.2) is 30.8 Å². The van der Waals surface area contributed by atoms with Crippen LogP contribution < -0.4 is 15.4 Å². The third kappa shape index (κ3) is 3.43. The minimum absolute atomic E-state index is 0. The number of aliphatic carboxylic acids is 1. The molecule has 100 valence electrons. The molecule has 3 N–H and O–H groups in total. The van der Waals surface area contributed by atoms with Gasteiger partial charge < -0.3 is 20.5 Å². The summed E-state index contributed by atoms with van der Waals surface area (Å²) in [7, 11) is 0. The van der Waals surface area contributed by atoms with Gasteiger partial charge in [-0.2, -0.15) is 0 Å². The van der Waals surface area contributed by atoms with Gasteiger partial charge in [0.05, 0.1) is 5.69 Å². The molecule has 1 aromatic rings. The predicted octanol–water partition coefficient (Wildman–Crippen LogP) is 1.75. The molecule has 18 heavy (non-hydrogen) atoms. The fraction of sp³-hybridized carbons (Fsp3) is 0.417. The van der Waals surface area contributed by atoms with Gasteiger partial charge in [-0.3, -0.25) is 0 Å². The first kappa shape index (κ1) is 14.4. The topological polar surface area (TPSA) is 75.8 Å². The van der Waals surface area contributed by atoms with Crippen LogP contribution in [0.4, 0.5) is 11.4 Å². The van der Waals surface area contributed by atoms with Gasteiger partial charge in [-0.25, -0.2) is 4.79 Å². The number of ether oxygens (including phenoxy) is 1. The molecule has 0 amide bonds. The molecule has 1 aliphatic rings. The van der Waals surface area contributed by atoms with Crippen LogP contribution in [0.2, 0.25) is 0 Å². The fourth-order valence-corrected chi connectivity index (χ4v) is 2.01. The van der Waals surface area contributed by atoms with Gasteiger partial charge in [0, 0.05) is 24.8 Å². The Hall–Kier alpha value is -1.62. The minimum Gasteiger partial charge on any atom is -0.480 e. The number of hydrogen-bond acceptors (Lipinski definition) is 4. The first-order valence-corrected chi connectivity index (χ1v) is 5.66. The first-order valence-electron chi connectivity index (χ1n) is 5.66. The molecule has 0 radical (unpaired) electrons. The molecule has 0 atom stereocenters. The number of hydrogen-bond donors (Lipinski definition) is 2. The molecule has 0 saturated carbocycles. The van der Waals surface area contributed by atoms with E-state index in [-0.39, 0.29) is 19.0 Å². The molecule has 0 bridgehead atoms. The molecular formula is C12H17ClN2O3. The number of anilines is 2. The Balaban J connectivity index is 0.00000162. The summed E-state index contributed by atoms with van der Waals surface area (Å²) in [4.78, 5) is 12.7. The molecule has 2 rings (SSSR count). The number of nitrogens with two attached hydrogens (primary N) is 1. The van der Waals surface area contributed by atoms with Crippen molar-refractivity contribution in [3.63, 3.8) is 0 Å². The van der Waals surface area contributed by atoms with Crippen LogP contribution in [0.1, 0.15) is 12.8 Å². The monoisotopic (exact) mass is 272 g/mol. The van der Waals surface area contributed by atoms with E-state index in [9.17, 15) is 4.79 Å². The highest BCUT2D eigenvalue weighted by Crippen LogP contribution is 2.32. The molecule has 0 aromatic heterocycles. The number of carbonyl (C=O) groups is 1. The van der Waals surface area contributed by atoms with Gasteiger partial charge in [0.1, 0.15) is 5.75 Å². The zero-order chi connectivity index (χ0) is 12.3. The molecule has 5 nitrogen and oxygen atoms in total. The second-order valence-electron chi connectivity index (χ2n) is 4.10. The first-order chi connectivity index (χ1) is 8.16. The van der Waals surface area contributed by atoms with Gasteiger partial charge in [-0.1, -0.05) is 0 Å². The number of carboxylic acids is 1. The Bertz CT molecular complexity index is 420. The van der Waals surface area contributed by atoms with Gasteiger partial charge in [0.15, 0.2) is 6.61 Å². The quantitative estimate of drug-likeness (QED) is 0.817. The molecule has 0 unspecified atom stereocenters. The number of halogens is 1. The summed E-state index contributed by atoms with van der Waals surface area (Å²) in [6, 6.07) is 5.37. The zero-order valence-corrected chi connectivity index (χ0v) is 10.8. The van der Waals surface area contributed by atoms with Crippen molar-refractivity contribution in [2.45, 2.75) is 12.8 Å². The lowest BCUT2D eigenvalue weighted by molar-refractivity contribution is -0.139. The van der Waals surface area contributed by atoms with Crippen molar-refractivity contribution in [1.82, 2.24) is 0 Å². The van der Waals surface area contributed by atoms with E-state index in [1.165, 1.54) is 0 Å². The molecule has 1 aliphatic heterocycles. The van der Waals surface area contributed by atoms with E-state index in [1.54, 1.807) is 12.1 Å². The van der Waals surface area contributed by atoms with E-state index in [2.05, 4.69) is 4.90 Å². The largest absolute Gasteiger partial charge is 0.480 e. The normalized spacial score (nSPS) is 14.1. The van der Waals surface area contributed by atoms with Crippen LogP contribution in [0, 0.1) is 0 Å². The van der Waals surface area contributed by atoms with Crippen LogP contribution in [0.15, 0.2) is 18.2 Å². The standard InChI is InChI=1S/C12H16N2O3.ClH/c13-9-3-4-10(14-5-1-2-6-14)11(7-9)17-8-12(15)16;/h3-4,7H,1-2,5-6,8,13H2,(H,15,16);1H. The van der Waals surface area contributed by atoms with Crippen LogP contribution in [0.25, 0.3) is 0 Å². The molecule has 0 aliphatic carbocycles. The summed E-state index contributed by atoms with van der Waals surface area (Å²) in [5.41, 5.74) is 7.19. The second-order valence-corrected chi connectivity index (χ2v) is 4.10. The average molecular weight is 273 g/mol. The maximum absolute atomic E-state index is 10.5. The van der Waals surface area contributed by atoms with Crippen molar-refractivity contribution in [2.24, 2.45) is 0 Å². The lowest BCUT2D eigenvalue weighted by atomic mass is 10.2. The molecule has 1 aromatic carbocycles. The Kier molecular flexibility index (Phi) is 5.09. The van der Waals surface area contributed by atoms with E-state index in [0.717, 1.165) is 31.6 Å². The highest BCUT2D eigenvalue weighted by Gasteiger charge is 2.17. The summed E-state index contributed by atoms with van der Waals surface area (Å²) in [5.74, 6) is -0.436. The number of benzene rings is 1. The number of rotatable bonds is 4. The average Bonchev–Trinajstić information content (AvgIpc) is 2.80. The van der Waals surface area contributed by atoms with Crippen molar-refractivity contribution in [3.05, 3.63) is 18.2 Å². The molecule has 1 saturated heterocycles. The van der Waals surface area contributed by atoms with Crippen molar-refractivity contribution in [3.8, 4) is 5.75 Å². The molecule has 0 spiro atoms. The van der Waals surface area contributed by atoms with Gasteiger partial charge in [0.25, 0.3) is 0 Å². The summed E-state index contributed by atoms with van der Waals surface area (Å²) >= 11 is 0. The summed E-state index contributed by atoms with van der Waals surface area (Å²) in [6.45, 7) is 1.62. The predicted molar refractivity (Wildman–Crippen MR) is 72.7 cm³/mol. The van der Waals surface area contributed by atoms with E-state index < -0.39 is 5.97 Å². The van der Waals surface area contributed by atoms with Crippen molar-refractivity contribution >= 4 is 29.8 Å². The van der Waals surface area contributed by atoms with Gasteiger partial charge in [0.2, 0.25) is 0 Å². The summed E-state index contributed by atoms with van der Waals surface area (Å²) in [5, 5.41) is 8.63. The molecule has 6 heteroatoms. The van der Waals surface area contributed by atoms with Crippen LogP contribution in [0.3, 0.4) is 0 Å². The SMILES string of the molecule is Cl.Nc1ccc(N2CCCC2)c(OCC(=O)O)c1. The summed E-state index contributed by atoms with van der Waals surface area (Å²) < 4.78 is 5.27. The van der Waals surface area contributed by atoms with Gasteiger partial charge >= 0.3 is 5.97 Å². The molecule has 1 heterocycles. The minimum atomic E-state index is -0.986. The van der Waals surface area contributed by atoms with Crippen molar-refractivity contribution in [2.75, 3.05) is 30.3 Å². The van der Waals surface area contributed by atoms with Crippen LogP contribution in [0.5, 0.6) is 5.75 Å². The smallest absolute Gasteiger partial charge is 0.341 e. The summed E-state index contributed by atoms with van der Waals surface area (Å²) in [6.07, 6.45) is 2.31. The van der Waals surface area contributed by atoms with E-state index in [0.29, 0.717) is 11.4 Å². The van der Waals surface area contributed by atoms with Crippen LogP contribution in [-0.2, 0) is 4.79 Å².